The number of halogens is 1. The molecule has 5 nitrogen and oxygen atoms in total. The molecule has 2 rings (SSSR count). The third-order valence-corrected chi connectivity index (χ3v) is 4.85. The second-order valence-corrected chi connectivity index (χ2v) is 6.88. The smallest absolute Gasteiger partial charge is 0.338 e. The van der Waals surface area contributed by atoms with Crippen LogP contribution in [0.1, 0.15) is 29.6 Å². The molecule has 0 aliphatic heterocycles. The van der Waals surface area contributed by atoms with E-state index in [1.165, 1.54) is 0 Å². The van der Waals surface area contributed by atoms with Crippen LogP contribution in [0.3, 0.4) is 0 Å². The summed E-state index contributed by atoms with van der Waals surface area (Å²) < 4.78 is 33.1. The van der Waals surface area contributed by atoms with Gasteiger partial charge in [0.05, 0.1) is 5.56 Å². The molecule has 7 heteroatoms. The largest absolute Gasteiger partial charge is 0.459 e. The Bertz CT molecular complexity index is 566. The van der Waals surface area contributed by atoms with Gasteiger partial charge in [-0.2, -0.15) is 8.42 Å². The summed E-state index contributed by atoms with van der Waals surface area (Å²) in [6.45, 7) is -0.0865. The van der Waals surface area contributed by atoms with Crippen molar-refractivity contribution in [1.82, 2.24) is 0 Å². The molecular weight excluding hydrogens is 304 g/mol. The Morgan fingerprint density at radius 2 is 1.90 bits per heavy atom. The normalized spacial score (nSPS) is 17.2. The van der Waals surface area contributed by atoms with Gasteiger partial charge in [-0.25, -0.2) is 4.79 Å². The molecule has 0 atom stereocenters. The standard InChI is InChI=1S/C13H15ClO5S/c14-10-20(16,17)19-13(7-4-8-13)9-18-12(15)11-5-2-1-3-6-11/h1-3,5-6H,4,7-10H2. The Kier molecular flexibility index (Phi) is 4.67. The summed E-state index contributed by atoms with van der Waals surface area (Å²) in [7, 11) is -3.78. The van der Waals surface area contributed by atoms with Gasteiger partial charge in [-0.05, 0) is 31.4 Å². The van der Waals surface area contributed by atoms with Gasteiger partial charge >= 0.3 is 5.97 Å². The average molecular weight is 319 g/mol. The number of benzene rings is 1. The number of carbonyl (C=O) groups is 1. The highest BCUT2D eigenvalue weighted by molar-refractivity contribution is 7.87. The topological polar surface area (TPSA) is 69.7 Å². The van der Waals surface area contributed by atoms with Gasteiger partial charge in [0.25, 0.3) is 10.1 Å². The summed E-state index contributed by atoms with van der Waals surface area (Å²) in [4.78, 5) is 11.8. The predicted octanol–water partition coefficient (Wildman–Crippen LogP) is 2.31. The third kappa shape index (κ3) is 3.71. The fraction of sp³-hybridized carbons (Fsp3) is 0.462. The van der Waals surface area contributed by atoms with Crippen LogP contribution in [0.2, 0.25) is 0 Å². The van der Waals surface area contributed by atoms with Crippen molar-refractivity contribution in [2.75, 3.05) is 11.8 Å². The lowest BCUT2D eigenvalue weighted by atomic mass is 9.81. The minimum absolute atomic E-state index is 0.0865. The molecule has 0 unspecified atom stereocenters. The van der Waals surface area contributed by atoms with Gasteiger partial charge < -0.3 is 4.74 Å². The number of rotatable bonds is 6. The van der Waals surface area contributed by atoms with Gasteiger partial charge in [0.15, 0.2) is 0 Å². The first-order valence-corrected chi connectivity index (χ1v) is 8.29. The van der Waals surface area contributed by atoms with Gasteiger partial charge in [0, 0.05) is 0 Å². The molecule has 20 heavy (non-hydrogen) atoms. The Balaban J connectivity index is 1.96. The van der Waals surface area contributed by atoms with Crippen molar-refractivity contribution < 1.29 is 22.1 Å². The van der Waals surface area contributed by atoms with Gasteiger partial charge in [-0.15, -0.1) is 11.6 Å². The van der Waals surface area contributed by atoms with Crippen LogP contribution in [-0.2, 0) is 19.0 Å². The zero-order valence-electron chi connectivity index (χ0n) is 10.7. The number of hydrogen-bond acceptors (Lipinski definition) is 5. The molecule has 0 spiro atoms. The van der Waals surface area contributed by atoms with E-state index in [4.69, 9.17) is 20.5 Å². The Labute approximate surface area is 123 Å². The highest BCUT2D eigenvalue weighted by Gasteiger charge is 2.43. The zero-order chi connectivity index (χ0) is 14.6. The summed E-state index contributed by atoms with van der Waals surface area (Å²) in [5.74, 6) is -0.497. The summed E-state index contributed by atoms with van der Waals surface area (Å²) in [5.41, 5.74) is -0.528. The van der Waals surface area contributed by atoms with Crippen LogP contribution in [0.5, 0.6) is 0 Å². The first-order valence-electron chi connectivity index (χ1n) is 6.18. The maximum Gasteiger partial charge on any atom is 0.338 e. The first kappa shape index (κ1) is 15.3. The van der Waals surface area contributed by atoms with Crippen LogP contribution in [0.25, 0.3) is 0 Å². The molecule has 110 valence electrons. The lowest BCUT2D eigenvalue weighted by molar-refractivity contribution is -0.0572. The maximum atomic E-state index is 11.8. The van der Waals surface area contributed by atoms with E-state index >= 15 is 0 Å². The highest BCUT2D eigenvalue weighted by atomic mass is 35.5. The second-order valence-electron chi connectivity index (χ2n) is 4.73. The van der Waals surface area contributed by atoms with Gasteiger partial charge in [0.2, 0.25) is 0 Å². The summed E-state index contributed by atoms with van der Waals surface area (Å²) in [6, 6.07) is 8.51. The second kappa shape index (κ2) is 6.11. The van der Waals surface area contributed by atoms with Crippen LogP contribution >= 0.6 is 11.6 Å². The van der Waals surface area contributed by atoms with Crippen LogP contribution < -0.4 is 0 Å². The molecule has 1 aromatic rings. The van der Waals surface area contributed by atoms with E-state index in [2.05, 4.69) is 0 Å². The van der Waals surface area contributed by atoms with Crippen LogP contribution in [0, 0.1) is 0 Å². The molecule has 0 heterocycles. The SMILES string of the molecule is O=C(OCC1(OS(=O)(=O)CCl)CCC1)c1ccccc1. The quantitative estimate of drug-likeness (QED) is 0.457. The van der Waals surface area contributed by atoms with Crippen molar-refractivity contribution in [2.24, 2.45) is 0 Å². The van der Waals surface area contributed by atoms with Crippen molar-refractivity contribution in [2.45, 2.75) is 24.9 Å². The summed E-state index contributed by atoms with van der Waals surface area (Å²) in [5, 5.41) is -0.610. The van der Waals surface area contributed by atoms with Crippen LogP contribution in [0.4, 0.5) is 0 Å². The summed E-state index contributed by atoms with van der Waals surface area (Å²) >= 11 is 5.32. The molecule has 0 N–H and O–H groups in total. The minimum atomic E-state index is -3.78. The van der Waals surface area contributed by atoms with E-state index in [-0.39, 0.29) is 6.61 Å². The maximum absolute atomic E-state index is 11.8. The van der Waals surface area contributed by atoms with E-state index < -0.39 is 26.9 Å². The van der Waals surface area contributed by atoms with E-state index in [9.17, 15) is 13.2 Å². The van der Waals surface area contributed by atoms with Gasteiger partial charge in [-0.3, -0.25) is 4.18 Å². The average Bonchev–Trinajstić information content (AvgIpc) is 2.42. The number of carbonyl (C=O) groups excluding carboxylic acids is 1. The Hall–Kier alpha value is -1.11. The molecule has 1 aliphatic carbocycles. The fourth-order valence-electron chi connectivity index (χ4n) is 1.97. The number of ether oxygens (including phenoxy) is 1. The first-order chi connectivity index (χ1) is 9.46. The van der Waals surface area contributed by atoms with Crippen molar-refractivity contribution in [3.63, 3.8) is 0 Å². The van der Waals surface area contributed by atoms with E-state index in [0.29, 0.717) is 18.4 Å². The monoisotopic (exact) mass is 318 g/mol. The Morgan fingerprint density at radius 3 is 2.40 bits per heavy atom. The van der Waals surface area contributed by atoms with Crippen molar-refractivity contribution in [3.8, 4) is 0 Å². The van der Waals surface area contributed by atoms with Crippen molar-refractivity contribution in [3.05, 3.63) is 35.9 Å². The highest BCUT2D eigenvalue weighted by Crippen LogP contribution is 2.37. The molecule has 0 saturated heterocycles. The lowest BCUT2D eigenvalue weighted by Crippen LogP contribution is -2.46. The lowest BCUT2D eigenvalue weighted by Gasteiger charge is -2.39. The molecule has 1 saturated carbocycles. The van der Waals surface area contributed by atoms with Crippen molar-refractivity contribution in [1.29, 1.82) is 0 Å². The van der Waals surface area contributed by atoms with E-state index in [0.717, 1.165) is 6.42 Å². The van der Waals surface area contributed by atoms with Gasteiger partial charge in [-0.1, -0.05) is 18.2 Å². The fourth-order valence-corrected chi connectivity index (χ4v) is 2.90. The molecule has 0 aromatic heterocycles. The van der Waals surface area contributed by atoms with Crippen molar-refractivity contribution >= 4 is 27.7 Å². The third-order valence-electron chi connectivity index (χ3n) is 3.18. The number of alkyl halides is 1. The Morgan fingerprint density at radius 1 is 1.25 bits per heavy atom. The van der Waals surface area contributed by atoms with E-state index in [1.54, 1.807) is 30.3 Å². The van der Waals surface area contributed by atoms with Gasteiger partial charge in [0.1, 0.15) is 17.4 Å². The predicted molar refractivity (Wildman–Crippen MR) is 74.0 cm³/mol. The number of hydrogen-bond donors (Lipinski definition) is 0. The summed E-state index contributed by atoms with van der Waals surface area (Å²) in [6.07, 6.45) is 1.90. The molecule has 0 amide bonds. The zero-order valence-corrected chi connectivity index (χ0v) is 12.3. The van der Waals surface area contributed by atoms with Crippen LogP contribution in [-0.4, -0.2) is 31.8 Å². The van der Waals surface area contributed by atoms with Crippen LogP contribution in [0.15, 0.2) is 30.3 Å². The number of esters is 1. The molecule has 0 bridgehead atoms. The molecule has 1 fully saturated rings. The molecule has 0 radical (unpaired) electrons. The molecule has 1 aliphatic rings. The van der Waals surface area contributed by atoms with E-state index in [1.807, 2.05) is 0 Å². The molecular formula is C13H15ClO5S. The minimum Gasteiger partial charge on any atom is -0.459 e. The molecule has 1 aromatic carbocycles.